The smallest absolute Gasteiger partial charge is 0.323 e. The van der Waals surface area contributed by atoms with E-state index in [2.05, 4.69) is 20.4 Å². The first-order chi connectivity index (χ1) is 8.26. The molecule has 0 aromatic carbocycles. The van der Waals surface area contributed by atoms with Crippen molar-refractivity contribution >= 4 is 11.9 Å². The third-order valence-corrected chi connectivity index (χ3v) is 2.92. The molecule has 0 unspecified atom stereocenters. The van der Waals surface area contributed by atoms with Gasteiger partial charge in [-0.3, -0.25) is 9.59 Å². The topological polar surface area (TPSA) is 52.6 Å². The molecule has 0 amide bonds. The zero-order chi connectivity index (χ0) is 13.9. The van der Waals surface area contributed by atoms with E-state index in [0.717, 1.165) is 6.42 Å². The average Bonchev–Trinajstić information content (AvgIpc) is 2.12. The minimum Gasteiger partial charge on any atom is -0.422 e. The third-order valence-electron chi connectivity index (χ3n) is 2.92. The minimum atomic E-state index is -1.15. The average molecular weight is 254 g/mol. The number of carbonyl (C=O) groups is 2. The van der Waals surface area contributed by atoms with E-state index in [1.807, 2.05) is 0 Å². The lowest BCUT2D eigenvalue weighted by Crippen LogP contribution is -2.48. The van der Waals surface area contributed by atoms with Crippen LogP contribution in [0.5, 0.6) is 0 Å². The molecule has 4 heteroatoms. The zero-order valence-electron chi connectivity index (χ0n) is 11.6. The second kappa shape index (κ2) is 5.55. The summed E-state index contributed by atoms with van der Waals surface area (Å²) in [6.07, 6.45) is 3.10. The van der Waals surface area contributed by atoms with Crippen LogP contribution in [0, 0.1) is 17.8 Å². The van der Waals surface area contributed by atoms with Crippen molar-refractivity contribution < 1.29 is 19.1 Å². The number of ether oxygens (including phenoxy) is 2. The van der Waals surface area contributed by atoms with Gasteiger partial charge in [-0.05, 0) is 24.7 Å². The normalized spacial score (nSPS) is 21.4. The number of esters is 2. The van der Waals surface area contributed by atoms with Gasteiger partial charge in [-0.2, -0.15) is 0 Å². The maximum atomic E-state index is 12.0. The van der Waals surface area contributed by atoms with Crippen LogP contribution < -0.4 is 0 Å². The lowest BCUT2D eigenvalue weighted by molar-refractivity contribution is -0.242. The Balaban J connectivity index is 2.87. The molecular weight excluding hydrogens is 232 g/mol. The van der Waals surface area contributed by atoms with Crippen LogP contribution in [0.4, 0.5) is 0 Å². The molecular formula is C14H22O4. The van der Waals surface area contributed by atoms with Crippen molar-refractivity contribution in [2.45, 2.75) is 46.3 Å². The van der Waals surface area contributed by atoms with E-state index in [1.165, 1.54) is 0 Å². The van der Waals surface area contributed by atoms with Crippen molar-refractivity contribution in [3.8, 4) is 0 Å². The van der Waals surface area contributed by atoms with E-state index < -0.39 is 23.6 Å². The van der Waals surface area contributed by atoms with Crippen LogP contribution in [0.2, 0.25) is 0 Å². The van der Waals surface area contributed by atoms with E-state index in [1.54, 1.807) is 19.9 Å². The number of rotatable bonds is 5. The second-order valence-electron chi connectivity index (χ2n) is 5.63. The summed E-state index contributed by atoms with van der Waals surface area (Å²) in [6, 6.07) is 0. The Bertz CT molecular complexity index is 324. The summed E-state index contributed by atoms with van der Waals surface area (Å²) in [4.78, 5) is 23.9. The molecule has 102 valence electrons. The highest BCUT2D eigenvalue weighted by molar-refractivity contribution is 5.97. The SMILES string of the molecule is C=CC[C@@H](CC(C)C)C1C(=O)OC(C)(C)OC1=O. The van der Waals surface area contributed by atoms with Gasteiger partial charge >= 0.3 is 11.9 Å². The molecule has 4 nitrogen and oxygen atoms in total. The van der Waals surface area contributed by atoms with Crippen molar-refractivity contribution in [1.29, 1.82) is 0 Å². The first-order valence-electron chi connectivity index (χ1n) is 6.33. The molecule has 1 aliphatic heterocycles. The number of hydrogen-bond acceptors (Lipinski definition) is 4. The molecule has 0 saturated carbocycles. The van der Waals surface area contributed by atoms with Crippen molar-refractivity contribution in [2.75, 3.05) is 0 Å². The quantitative estimate of drug-likeness (QED) is 0.430. The van der Waals surface area contributed by atoms with E-state index in [0.29, 0.717) is 12.3 Å². The van der Waals surface area contributed by atoms with E-state index in [9.17, 15) is 9.59 Å². The fourth-order valence-corrected chi connectivity index (χ4v) is 2.30. The molecule has 0 aromatic heterocycles. The lowest BCUT2D eigenvalue weighted by Gasteiger charge is -2.36. The zero-order valence-corrected chi connectivity index (χ0v) is 11.6. The summed E-state index contributed by atoms with van der Waals surface area (Å²) in [5.41, 5.74) is 0. The summed E-state index contributed by atoms with van der Waals surface area (Å²) in [7, 11) is 0. The van der Waals surface area contributed by atoms with Gasteiger partial charge in [0.25, 0.3) is 5.79 Å². The molecule has 1 aliphatic rings. The molecule has 0 aliphatic carbocycles. The van der Waals surface area contributed by atoms with Gasteiger partial charge in [-0.15, -0.1) is 6.58 Å². The summed E-state index contributed by atoms with van der Waals surface area (Å²) in [6.45, 7) is 10.9. The largest absolute Gasteiger partial charge is 0.422 e. The predicted octanol–water partition coefficient (Wildman–Crippen LogP) is 2.68. The predicted molar refractivity (Wildman–Crippen MR) is 67.5 cm³/mol. The molecule has 1 rings (SSSR count). The standard InChI is InChI=1S/C14H22O4/c1-6-7-10(8-9(2)3)11-12(15)17-14(4,5)18-13(11)16/h6,9-11H,1,7-8H2,2-5H3/t10-/m0/s1. The summed E-state index contributed by atoms with van der Waals surface area (Å²) in [5, 5.41) is 0. The highest BCUT2D eigenvalue weighted by atomic mass is 16.7. The molecule has 0 N–H and O–H groups in total. The van der Waals surface area contributed by atoms with Crippen LogP contribution in [0.1, 0.15) is 40.5 Å². The number of hydrogen-bond donors (Lipinski definition) is 0. The Kier molecular flexibility index (Phi) is 4.54. The first kappa shape index (κ1) is 14.7. The molecule has 1 fully saturated rings. The van der Waals surface area contributed by atoms with Gasteiger partial charge in [0.1, 0.15) is 0 Å². The summed E-state index contributed by atoms with van der Waals surface area (Å²) in [5.74, 6) is -2.64. The molecule has 1 atom stereocenters. The maximum Gasteiger partial charge on any atom is 0.323 e. The van der Waals surface area contributed by atoms with Gasteiger partial charge in [-0.25, -0.2) is 0 Å². The Labute approximate surface area is 108 Å². The van der Waals surface area contributed by atoms with Crippen molar-refractivity contribution in [1.82, 2.24) is 0 Å². The van der Waals surface area contributed by atoms with Gasteiger partial charge in [0.05, 0.1) is 0 Å². The molecule has 18 heavy (non-hydrogen) atoms. The molecule has 1 heterocycles. The highest BCUT2D eigenvalue weighted by Gasteiger charge is 2.46. The van der Waals surface area contributed by atoms with E-state index in [4.69, 9.17) is 9.47 Å². The van der Waals surface area contributed by atoms with Gasteiger partial charge in [0, 0.05) is 13.8 Å². The Morgan fingerprint density at radius 2 is 1.78 bits per heavy atom. The highest BCUT2D eigenvalue weighted by Crippen LogP contribution is 2.32. The van der Waals surface area contributed by atoms with Crippen LogP contribution in [0.15, 0.2) is 12.7 Å². The van der Waals surface area contributed by atoms with Gasteiger partial charge in [0.15, 0.2) is 5.92 Å². The Hall–Kier alpha value is -1.32. The molecule has 0 aromatic rings. The Morgan fingerprint density at radius 1 is 1.28 bits per heavy atom. The van der Waals surface area contributed by atoms with Gasteiger partial charge < -0.3 is 9.47 Å². The van der Waals surface area contributed by atoms with Crippen LogP contribution in [0.3, 0.4) is 0 Å². The molecule has 0 bridgehead atoms. The number of carbonyl (C=O) groups excluding carboxylic acids is 2. The van der Waals surface area contributed by atoms with Gasteiger partial charge in [-0.1, -0.05) is 19.9 Å². The number of allylic oxidation sites excluding steroid dienone is 1. The van der Waals surface area contributed by atoms with Crippen molar-refractivity contribution in [3.63, 3.8) is 0 Å². The fraction of sp³-hybridized carbons (Fsp3) is 0.714. The van der Waals surface area contributed by atoms with Crippen molar-refractivity contribution in [3.05, 3.63) is 12.7 Å². The molecule has 1 saturated heterocycles. The third kappa shape index (κ3) is 3.59. The lowest BCUT2D eigenvalue weighted by atomic mass is 9.82. The van der Waals surface area contributed by atoms with Gasteiger partial charge in [0.2, 0.25) is 0 Å². The van der Waals surface area contributed by atoms with Crippen LogP contribution in [0.25, 0.3) is 0 Å². The van der Waals surface area contributed by atoms with E-state index >= 15 is 0 Å². The molecule has 0 spiro atoms. The maximum absolute atomic E-state index is 12.0. The molecule has 0 radical (unpaired) electrons. The summed E-state index contributed by atoms with van der Waals surface area (Å²) < 4.78 is 10.3. The van der Waals surface area contributed by atoms with Crippen LogP contribution in [-0.2, 0) is 19.1 Å². The monoisotopic (exact) mass is 254 g/mol. The second-order valence-corrected chi connectivity index (χ2v) is 5.63. The first-order valence-corrected chi connectivity index (χ1v) is 6.33. The summed E-state index contributed by atoms with van der Waals surface area (Å²) >= 11 is 0. The fourth-order valence-electron chi connectivity index (χ4n) is 2.30. The van der Waals surface area contributed by atoms with Crippen molar-refractivity contribution in [2.24, 2.45) is 17.8 Å². The number of cyclic esters (lactones) is 2. The minimum absolute atomic E-state index is 0.0985. The van der Waals surface area contributed by atoms with Crippen LogP contribution in [-0.4, -0.2) is 17.7 Å². The Morgan fingerprint density at radius 3 is 2.17 bits per heavy atom. The van der Waals surface area contributed by atoms with E-state index in [-0.39, 0.29) is 5.92 Å². The van der Waals surface area contributed by atoms with Crippen LogP contribution >= 0.6 is 0 Å².